The highest BCUT2D eigenvalue weighted by molar-refractivity contribution is 7.93. The van der Waals surface area contributed by atoms with Gasteiger partial charge in [-0.25, -0.2) is 22.8 Å². The van der Waals surface area contributed by atoms with Gasteiger partial charge in [0.2, 0.25) is 21.8 Å². The topological polar surface area (TPSA) is 125 Å². The number of anilines is 1. The standard InChI is InChI=1S/C22H23FN6O4S/c1-13-9-10-19(33-13)21-26-27-22(29(21)17-7-5-6-8-18(17)32-4)28-34(30,31)15(3)14(2)20-24-11-16(23)12-25-20/h5-12,14-15H,1-4H3,(H,27,28)/t14-,15-/m0/s1. The number of para-hydroxylation sites is 2. The highest BCUT2D eigenvalue weighted by atomic mass is 32.2. The highest BCUT2D eigenvalue weighted by Gasteiger charge is 2.32. The molecule has 12 heteroatoms. The van der Waals surface area contributed by atoms with Crippen molar-refractivity contribution < 1.29 is 22.0 Å². The number of ether oxygens (including phenoxy) is 1. The minimum atomic E-state index is -4.00. The molecule has 4 aromatic rings. The van der Waals surface area contributed by atoms with E-state index < -0.39 is 27.0 Å². The Morgan fingerprint density at radius 2 is 1.79 bits per heavy atom. The van der Waals surface area contributed by atoms with Crippen molar-refractivity contribution in [3.05, 3.63) is 66.2 Å². The van der Waals surface area contributed by atoms with Crippen molar-refractivity contribution in [2.75, 3.05) is 11.8 Å². The number of hydrogen-bond donors (Lipinski definition) is 1. The van der Waals surface area contributed by atoms with E-state index in [1.54, 1.807) is 50.2 Å². The van der Waals surface area contributed by atoms with Crippen LogP contribution in [-0.2, 0) is 10.0 Å². The number of methoxy groups -OCH3 is 1. The first-order valence-corrected chi connectivity index (χ1v) is 11.9. The summed E-state index contributed by atoms with van der Waals surface area (Å²) in [7, 11) is -2.49. The van der Waals surface area contributed by atoms with E-state index in [9.17, 15) is 12.8 Å². The van der Waals surface area contributed by atoms with Crippen LogP contribution in [0.3, 0.4) is 0 Å². The minimum absolute atomic E-state index is 0.0485. The SMILES string of the molecule is COc1ccccc1-n1c(NS(=O)(=O)[C@@H](C)[C@H](C)c2ncc(F)cn2)nnc1-c1ccc(C)o1. The Balaban J connectivity index is 1.75. The van der Waals surface area contributed by atoms with Crippen LogP contribution in [0, 0.1) is 12.7 Å². The maximum Gasteiger partial charge on any atom is 0.243 e. The Bertz CT molecular complexity index is 1400. The summed E-state index contributed by atoms with van der Waals surface area (Å²) in [6.45, 7) is 4.96. The number of nitrogens with zero attached hydrogens (tertiary/aromatic N) is 5. The third kappa shape index (κ3) is 4.49. The van der Waals surface area contributed by atoms with Crippen LogP contribution in [0.5, 0.6) is 5.75 Å². The second-order valence-electron chi connectivity index (χ2n) is 7.67. The summed E-state index contributed by atoms with van der Waals surface area (Å²) in [6.07, 6.45) is 2.00. The second kappa shape index (κ2) is 9.21. The maximum atomic E-state index is 13.3. The molecule has 10 nitrogen and oxygen atoms in total. The summed E-state index contributed by atoms with van der Waals surface area (Å²) >= 11 is 0. The highest BCUT2D eigenvalue weighted by Crippen LogP contribution is 2.32. The molecule has 0 aliphatic rings. The van der Waals surface area contributed by atoms with Gasteiger partial charge < -0.3 is 9.15 Å². The average molecular weight is 487 g/mol. The predicted molar refractivity (Wildman–Crippen MR) is 123 cm³/mol. The Morgan fingerprint density at radius 1 is 1.09 bits per heavy atom. The van der Waals surface area contributed by atoms with Crippen LogP contribution in [-0.4, -0.2) is 45.5 Å². The first kappa shape index (κ1) is 23.4. The molecule has 4 rings (SSSR count). The van der Waals surface area contributed by atoms with Gasteiger partial charge in [-0.15, -0.1) is 10.2 Å². The van der Waals surface area contributed by atoms with Crippen molar-refractivity contribution in [2.24, 2.45) is 0 Å². The number of furan rings is 1. The zero-order valence-electron chi connectivity index (χ0n) is 18.9. The average Bonchev–Trinajstić information content (AvgIpc) is 3.44. The van der Waals surface area contributed by atoms with E-state index in [1.807, 2.05) is 0 Å². The molecule has 0 aliphatic heterocycles. The normalized spacial score (nSPS) is 13.4. The molecule has 0 bridgehead atoms. The third-order valence-corrected chi connectivity index (χ3v) is 7.28. The van der Waals surface area contributed by atoms with E-state index in [2.05, 4.69) is 24.9 Å². The van der Waals surface area contributed by atoms with Crippen LogP contribution in [0.4, 0.5) is 10.3 Å². The Kier molecular flexibility index (Phi) is 6.33. The molecule has 0 amide bonds. The largest absolute Gasteiger partial charge is 0.495 e. The van der Waals surface area contributed by atoms with E-state index in [4.69, 9.17) is 9.15 Å². The molecular formula is C22H23FN6O4S. The molecule has 3 aromatic heterocycles. The fourth-order valence-electron chi connectivity index (χ4n) is 3.36. The number of nitrogens with one attached hydrogen (secondary N) is 1. The van der Waals surface area contributed by atoms with Gasteiger partial charge in [0.15, 0.2) is 11.6 Å². The van der Waals surface area contributed by atoms with Gasteiger partial charge in [-0.05, 0) is 38.1 Å². The van der Waals surface area contributed by atoms with Gasteiger partial charge in [-0.3, -0.25) is 9.29 Å². The van der Waals surface area contributed by atoms with Crippen molar-refractivity contribution in [2.45, 2.75) is 31.9 Å². The van der Waals surface area contributed by atoms with Gasteiger partial charge in [0, 0.05) is 5.92 Å². The Hall–Kier alpha value is -3.80. The van der Waals surface area contributed by atoms with Crippen molar-refractivity contribution in [1.82, 2.24) is 24.7 Å². The molecule has 0 saturated carbocycles. The van der Waals surface area contributed by atoms with Crippen molar-refractivity contribution in [3.8, 4) is 23.0 Å². The third-order valence-electron chi connectivity index (χ3n) is 5.42. The molecule has 3 heterocycles. The number of halogens is 1. The summed E-state index contributed by atoms with van der Waals surface area (Å²) < 4.78 is 55.0. The summed E-state index contributed by atoms with van der Waals surface area (Å²) in [4.78, 5) is 7.83. The van der Waals surface area contributed by atoms with Crippen LogP contribution in [0.15, 0.2) is 53.2 Å². The summed E-state index contributed by atoms with van der Waals surface area (Å²) in [5, 5.41) is 7.29. The zero-order chi connectivity index (χ0) is 24.5. The lowest BCUT2D eigenvalue weighted by molar-refractivity contribution is 0.413. The van der Waals surface area contributed by atoms with Crippen LogP contribution in [0.25, 0.3) is 17.3 Å². The number of rotatable bonds is 8. The lowest BCUT2D eigenvalue weighted by Crippen LogP contribution is -2.31. The van der Waals surface area contributed by atoms with E-state index >= 15 is 0 Å². The summed E-state index contributed by atoms with van der Waals surface area (Å²) in [5.74, 6) is 0.759. The smallest absolute Gasteiger partial charge is 0.243 e. The first-order chi connectivity index (χ1) is 16.2. The molecule has 2 atom stereocenters. The van der Waals surface area contributed by atoms with E-state index in [1.165, 1.54) is 18.6 Å². The fourth-order valence-corrected chi connectivity index (χ4v) is 4.60. The number of aromatic nitrogens is 5. The number of hydrogen-bond acceptors (Lipinski definition) is 8. The van der Waals surface area contributed by atoms with Gasteiger partial charge >= 0.3 is 0 Å². The van der Waals surface area contributed by atoms with Gasteiger partial charge in [0.25, 0.3) is 0 Å². The molecule has 0 aliphatic carbocycles. The van der Waals surface area contributed by atoms with E-state index in [0.29, 0.717) is 23.0 Å². The van der Waals surface area contributed by atoms with Crippen molar-refractivity contribution >= 4 is 16.0 Å². The maximum absolute atomic E-state index is 13.3. The van der Waals surface area contributed by atoms with Crippen LogP contribution in [0.1, 0.15) is 31.4 Å². The summed E-state index contributed by atoms with van der Waals surface area (Å²) in [5.41, 5.74) is 0.513. The fraction of sp³-hybridized carbons (Fsp3) is 0.273. The zero-order valence-corrected chi connectivity index (χ0v) is 19.7. The van der Waals surface area contributed by atoms with E-state index in [0.717, 1.165) is 12.4 Å². The molecule has 1 N–H and O–H groups in total. The van der Waals surface area contributed by atoms with Gasteiger partial charge in [-0.2, -0.15) is 0 Å². The quantitative estimate of drug-likeness (QED) is 0.400. The Labute approximate surface area is 195 Å². The Morgan fingerprint density at radius 3 is 2.44 bits per heavy atom. The molecule has 0 saturated heterocycles. The molecule has 178 valence electrons. The molecule has 0 spiro atoms. The van der Waals surface area contributed by atoms with Gasteiger partial charge in [0.1, 0.15) is 17.3 Å². The molecule has 0 radical (unpaired) electrons. The van der Waals surface area contributed by atoms with Crippen LogP contribution in [0.2, 0.25) is 0 Å². The molecular weight excluding hydrogens is 463 g/mol. The number of aryl methyl sites for hydroxylation is 1. The van der Waals surface area contributed by atoms with Crippen LogP contribution < -0.4 is 9.46 Å². The monoisotopic (exact) mass is 486 g/mol. The lowest BCUT2D eigenvalue weighted by Gasteiger charge is -2.20. The molecule has 34 heavy (non-hydrogen) atoms. The first-order valence-electron chi connectivity index (χ1n) is 10.4. The minimum Gasteiger partial charge on any atom is -0.495 e. The van der Waals surface area contributed by atoms with Gasteiger partial charge in [-0.1, -0.05) is 19.1 Å². The number of sulfonamides is 1. The molecule has 1 aromatic carbocycles. The van der Waals surface area contributed by atoms with Crippen LogP contribution >= 0.6 is 0 Å². The lowest BCUT2D eigenvalue weighted by atomic mass is 10.1. The van der Waals surface area contributed by atoms with Crippen molar-refractivity contribution in [3.63, 3.8) is 0 Å². The number of benzene rings is 1. The summed E-state index contributed by atoms with van der Waals surface area (Å²) in [6, 6.07) is 10.6. The van der Waals surface area contributed by atoms with E-state index in [-0.39, 0.29) is 17.6 Å². The molecule has 0 fully saturated rings. The van der Waals surface area contributed by atoms with Crippen molar-refractivity contribution in [1.29, 1.82) is 0 Å². The molecule has 0 unspecified atom stereocenters. The predicted octanol–water partition coefficient (Wildman–Crippen LogP) is 3.71. The van der Waals surface area contributed by atoms with Gasteiger partial charge in [0.05, 0.1) is 30.4 Å². The second-order valence-corrected chi connectivity index (χ2v) is 9.70.